The van der Waals surface area contributed by atoms with Gasteiger partial charge in [-0.05, 0) is 86.6 Å². The normalized spacial score (nSPS) is 18.1. The first-order valence-corrected chi connectivity index (χ1v) is 12.4. The fourth-order valence-corrected chi connectivity index (χ4v) is 4.34. The minimum Gasteiger partial charge on any atom is -0.444 e. The summed E-state index contributed by atoms with van der Waals surface area (Å²) in [5, 5.41) is 20.7. The van der Waals surface area contributed by atoms with E-state index < -0.39 is 16.6 Å². The lowest BCUT2D eigenvalue weighted by molar-refractivity contribution is -0.384. The highest BCUT2D eigenvalue weighted by Gasteiger charge is 2.26. The third-order valence-electron chi connectivity index (χ3n) is 5.49. The molecule has 1 heterocycles. The van der Waals surface area contributed by atoms with Crippen LogP contribution in [0.4, 0.5) is 22.2 Å². The van der Waals surface area contributed by atoms with Crippen molar-refractivity contribution in [2.24, 2.45) is 5.92 Å². The van der Waals surface area contributed by atoms with Crippen LogP contribution >= 0.6 is 22.6 Å². The lowest BCUT2D eigenvalue weighted by atomic mass is 9.86. The summed E-state index contributed by atoms with van der Waals surface area (Å²) in [5.74, 6) is 0.867. The van der Waals surface area contributed by atoms with Gasteiger partial charge in [-0.2, -0.15) is 4.98 Å². The Hall–Kier alpha value is -2.70. The lowest BCUT2D eigenvalue weighted by Gasteiger charge is -2.30. The van der Waals surface area contributed by atoms with Crippen LogP contribution in [0.5, 0.6) is 0 Å². The van der Waals surface area contributed by atoms with Crippen LogP contribution in [0, 0.1) is 19.6 Å². The Kier molecular flexibility index (Phi) is 8.86. The van der Waals surface area contributed by atoms with Gasteiger partial charge in [0.1, 0.15) is 11.8 Å². The highest BCUT2D eigenvalue weighted by molar-refractivity contribution is 14.1. The lowest BCUT2D eigenvalue weighted by Crippen LogP contribution is -2.41. The van der Waals surface area contributed by atoms with Gasteiger partial charge in [-0.15, -0.1) is 0 Å². The second kappa shape index (κ2) is 11.6. The van der Waals surface area contributed by atoms with Gasteiger partial charge in [0.05, 0.1) is 4.92 Å². The van der Waals surface area contributed by atoms with Gasteiger partial charge in [0.15, 0.2) is 0 Å². The number of hydrogen-bond donors (Lipinski definition) is 3. The number of aromatic nitrogens is 2. The number of hydrogen-bond acceptors (Lipinski definition) is 8. The molecule has 0 aliphatic heterocycles. The fourth-order valence-electron chi connectivity index (χ4n) is 3.77. The molecule has 1 aliphatic carbocycles. The number of ether oxygens (including phenoxy) is 1. The van der Waals surface area contributed by atoms with E-state index in [1.54, 1.807) is 0 Å². The van der Waals surface area contributed by atoms with E-state index in [1.165, 1.54) is 6.20 Å². The van der Waals surface area contributed by atoms with Crippen LogP contribution in [0.3, 0.4) is 0 Å². The van der Waals surface area contributed by atoms with Crippen molar-refractivity contribution in [2.45, 2.75) is 64.6 Å². The number of carbonyl (C=O) groups excluding carboxylic acids is 1. The molecule has 1 aromatic carbocycles. The smallest absolute Gasteiger partial charge is 0.407 e. The molecule has 3 rings (SSSR count). The zero-order chi connectivity index (χ0) is 24.7. The number of nitro groups is 1. The second-order valence-corrected chi connectivity index (χ2v) is 10.5. The van der Waals surface area contributed by atoms with Gasteiger partial charge in [0, 0.05) is 22.7 Å². The Morgan fingerprint density at radius 3 is 2.56 bits per heavy atom. The monoisotopic (exact) mass is 582 g/mol. The number of anilines is 2. The predicted molar refractivity (Wildman–Crippen MR) is 139 cm³/mol. The molecular formula is C23H31IN6O4. The number of carbonyl (C=O) groups is 1. The average molecular weight is 582 g/mol. The van der Waals surface area contributed by atoms with E-state index in [1.807, 2.05) is 45.0 Å². The Labute approximate surface area is 213 Å². The summed E-state index contributed by atoms with van der Waals surface area (Å²) >= 11 is 2.26. The zero-order valence-corrected chi connectivity index (χ0v) is 21.8. The van der Waals surface area contributed by atoms with E-state index in [4.69, 9.17) is 4.74 Å². The number of nitrogens with one attached hydrogen (secondary N) is 3. The number of amides is 1. The minimum absolute atomic E-state index is 0.0797. The van der Waals surface area contributed by atoms with Crippen molar-refractivity contribution in [1.29, 1.82) is 0 Å². The van der Waals surface area contributed by atoms with Crippen LogP contribution in [0.1, 0.15) is 52.0 Å². The summed E-state index contributed by atoms with van der Waals surface area (Å²) < 4.78 is 6.44. The maximum Gasteiger partial charge on any atom is 0.407 e. The number of halogens is 1. The van der Waals surface area contributed by atoms with E-state index in [0.717, 1.165) is 34.8 Å². The molecule has 10 nitrogen and oxygen atoms in total. The van der Waals surface area contributed by atoms with Gasteiger partial charge in [0.2, 0.25) is 11.8 Å². The van der Waals surface area contributed by atoms with Crippen molar-refractivity contribution >= 4 is 46.1 Å². The maximum atomic E-state index is 12.0. The molecule has 184 valence electrons. The van der Waals surface area contributed by atoms with Crippen LogP contribution in [-0.4, -0.2) is 39.2 Å². The molecule has 0 bridgehead atoms. The third kappa shape index (κ3) is 7.96. The Morgan fingerprint density at radius 1 is 1.21 bits per heavy atom. The van der Waals surface area contributed by atoms with Crippen molar-refractivity contribution in [3.05, 3.63) is 49.7 Å². The van der Waals surface area contributed by atoms with E-state index >= 15 is 0 Å². The van der Waals surface area contributed by atoms with E-state index in [9.17, 15) is 14.9 Å². The quantitative estimate of drug-likeness (QED) is 0.223. The van der Waals surface area contributed by atoms with E-state index in [0.29, 0.717) is 25.0 Å². The second-order valence-electron chi connectivity index (χ2n) is 9.37. The van der Waals surface area contributed by atoms with Gasteiger partial charge in [-0.3, -0.25) is 10.1 Å². The number of alkyl carbamates (subject to hydrolysis) is 1. The molecule has 11 heteroatoms. The molecule has 3 N–H and O–H groups in total. The molecule has 34 heavy (non-hydrogen) atoms. The highest BCUT2D eigenvalue weighted by Crippen LogP contribution is 2.27. The van der Waals surface area contributed by atoms with Crippen molar-refractivity contribution in [3.63, 3.8) is 0 Å². The van der Waals surface area contributed by atoms with Crippen molar-refractivity contribution in [3.8, 4) is 0 Å². The van der Waals surface area contributed by atoms with E-state index in [-0.39, 0.29) is 17.5 Å². The molecule has 1 saturated carbocycles. The molecular weight excluding hydrogens is 551 g/mol. The van der Waals surface area contributed by atoms with Crippen LogP contribution in [0.2, 0.25) is 0 Å². The molecule has 0 unspecified atom stereocenters. The summed E-state index contributed by atoms with van der Waals surface area (Å²) in [6.07, 6.45) is 4.29. The van der Waals surface area contributed by atoms with Gasteiger partial charge in [-0.1, -0.05) is 18.2 Å². The van der Waals surface area contributed by atoms with Crippen LogP contribution in [0.25, 0.3) is 0 Å². The maximum absolute atomic E-state index is 12.0. The topological polar surface area (TPSA) is 131 Å². The molecule has 1 aliphatic rings. The predicted octanol–water partition coefficient (Wildman–Crippen LogP) is 5.10. The molecule has 1 fully saturated rings. The molecule has 0 saturated heterocycles. The fraction of sp³-hybridized carbons (Fsp3) is 0.522. The summed E-state index contributed by atoms with van der Waals surface area (Å²) in [4.78, 5) is 31.4. The van der Waals surface area contributed by atoms with Crippen molar-refractivity contribution in [1.82, 2.24) is 15.3 Å². The Balaban J connectivity index is 1.53. The summed E-state index contributed by atoms with van der Waals surface area (Å²) in [6.45, 7) is 6.60. The molecule has 1 aromatic heterocycles. The number of nitrogens with zero attached hydrogens (tertiary/aromatic N) is 3. The first kappa shape index (κ1) is 25.9. The average Bonchev–Trinajstić information content (AvgIpc) is 2.76. The largest absolute Gasteiger partial charge is 0.444 e. The molecule has 0 atom stereocenters. The first-order chi connectivity index (χ1) is 16.1. The molecule has 1 amide bonds. The van der Waals surface area contributed by atoms with Crippen molar-refractivity contribution < 1.29 is 14.5 Å². The Morgan fingerprint density at radius 2 is 1.91 bits per heavy atom. The Bertz CT molecular complexity index is 1010. The zero-order valence-electron chi connectivity index (χ0n) is 19.6. The SMILES string of the molecule is CC(C)(C)OC(=O)N[C@H]1CC[C@H](CNc2nc(NCc3ccccc3I)ncc2[N+](=O)[O-])CC1. The van der Waals surface area contributed by atoms with Gasteiger partial charge < -0.3 is 20.7 Å². The first-order valence-electron chi connectivity index (χ1n) is 11.3. The molecule has 0 radical (unpaired) electrons. The van der Waals surface area contributed by atoms with Crippen LogP contribution in [0.15, 0.2) is 30.5 Å². The highest BCUT2D eigenvalue weighted by atomic mass is 127. The van der Waals surface area contributed by atoms with Gasteiger partial charge >= 0.3 is 11.8 Å². The summed E-state index contributed by atoms with van der Waals surface area (Å²) in [5.41, 5.74) is 0.418. The third-order valence-corrected chi connectivity index (χ3v) is 6.54. The minimum atomic E-state index is -0.523. The van der Waals surface area contributed by atoms with Crippen molar-refractivity contribution in [2.75, 3.05) is 17.2 Å². The van der Waals surface area contributed by atoms with Gasteiger partial charge in [0.25, 0.3) is 0 Å². The molecule has 0 spiro atoms. The number of rotatable bonds is 8. The summed E-state index contributed by atoms with van der Waals surface area (Å²) in [7, 11) is 0. The van der Waals surface area contributed by atoms with Gasteiger partial charge in [-0.25, -0.2) is 9.78 Å². The van der Waals surface area contributed by atoms with Crippen LogP contribution < -0.4 is 16.0 Å². The van der Waals surface area contributed by atoms with E-state index in [2.05, 4.69) is 48.5 Å². The summed E-state index contributed by atoms with van der Waals surface area (Å²) in [6, 6.07) is 8.03. The number of benzene rings is 1. The van der Waals surface area contributed by atoms with Crippen LogP contribution in [-0.2, 0) is 11.3 Å². The molecule has 2 aromatic rings. The standard InChI is InChI=1S/C23H31IN6O4/c1-23(2,3)34-22(31)28-17-10-8-15(9-11-17)12-25-20-19(30(32)33)14-27-21(29-20)26-13-16-6-4-5-7-18(16)24/h4-7,14-15,17H,8-13H2,1-3H3,(H,28,31)(H2,25,26,27,29)/t15-,17-.